The van der Waals surface area contributed by atoms with Crippen LogP contribution in [0.15, 0.2) is 47.4 Å². The normalized spacial score (nSPS) is 15.4. The molecule has 2 aromatic carbocycles. The van der Waals surface area contributed by atoms with Crippen molar-refractivity contribution in [3.8, 4) is 11.5 Å². The van der Waals surface area contributed by atoms with E-state index in [2.05, 4.69) is 0 Å². The Bertz CT molecular complexity index is 906. The van der Waals surface area contributed by atoms with Crippen molar-refractivity contribution in [2.24, 2.45) is 0 Å². The molecule has 28 heavy (non-hydrogen) atoms. The van der Waals surface area contributed by atoms with E-state index in [0.717, 1.165) is 16.9 Å². The molecule has 0 spiro atoms. The van der Waals surface area contributed by atoms with Crippen LogP contribution in [0.1, 0.15) is 30.5 Å². The Labute approximate surface area is 175 Å². The van der Waals surface area contributed by atoms with Crippen LogP contribution < -0.4 is 9.47 Å². The van der Waals surface area contributed by atoms with Crippen LogP contribution in [0.2, 0.25) is 0 Å². The van der Waals surface area contributed by atoms with E-state index < -0.39 is 0 Å². The molecular formula is C22H23NO3S2. The van der Waals surface area contributed by atoms with Gasteiger partial charge in [-0.25, -0.2) is 0 Å². The molecule has 0 bridgehead atoms. The number of carbonyl (C=O) groups excluding carboxylic acids is 1. The second-order valence-electron chi connectivity index (χ2n) is 6.32. The van der Waals surface area contributed by atoms with E-state index in [1.54, 1.807) is 4.90 Å². The van der Waals surface area contributed by atoms with Gasteiger partial charge in [-0.05, 0) is 44.5 Å². The first kappa shape index (κ1) is 20.4. The van der Waals surface area contributed by atoms with Gasteiger partial charge in [0, 0.05) is 11.6 Å². The summed E-state index contributed by atoms with van der Waals surface area (Å²) in [5.74, 6) is 1.36. The van der Waals surface area contributed by atoms with Gasteiger partial charge in [-0.15, -0.1) is 0 Å². The molecule has 2 aromatic rings. The lowest BCUT2D eigenvalue weighted by Gasteiger charge is -2.14. The number of amides is 1. The highest BCUT2D eigenvalue weighted by atomic mass is 32.2. The van der Waals surface area contributed by atoms with Crippen LogP contribution in [0.5, 0.6) is 11.5 Å². The van der Waals surface area contributed by atoms with Crippen LogP contribution in [-0.4, -0.2) is 28.3 Å². The van der Waals surface area contributed by atoms with Crippen molar-refractivity contribution in [1.82, 2.24) is 4.90 Å². The Hall–Kier alpha value is -2.31. The Balaban J connectivity index is 1.83. The van der Waals surface area contributed by atoms with Gasteiger partial charge < -0.3 is 9.47 Å². The van der Waals surface area contributed by atoms with E-state index in [-0.39, 0.29) is 5.91 Å². The number of aryl methyl sites for hydroxylation is 1. The molecule has 1 amide bonds. The molecule has 1 saturated heterocycles. The summed E-state index contributed by atoms with van der Waals surface area (Å²) in [7, 11) is 0. The van der Waals surface area contributed by atoms with Gasteiger partial charge >= 0.3 is 0 Å². The van der Waals surface area contributed by atoms with E-state index in [1.807, 2.05) is 69.3 Å². The fourth-order valence-corrected chi connectivity index (χ4v) is 4.07. The largest absolute Gasteiger partial charge is 0.494 e. The fraction of sp³-hybridized carbons (Fsp3) is 0.273. The van der Waals surface area contributed by atoms with Crippen LogP contribution in [0, 0.1) is 6.92 Å². The first-order valence-corrected chi connectivity index (χ1v) is 10.4. The predicted octanol–water partition coefficient (Wildman–Crippen LogP) is 5.19. The number of rotatable bonds is 7. The van der Waals surface area contributed by atoms with Crippen molar-refractivity contribution < 1.29 is 14.3 Å². The van der Waals surface area contributed by atoms with Crippen molar-refractivity contribution in [3.63, 3.8) is 0 Å². The summed E-state index contributed by atoms with van der Waals surface area (Å²) >= 11 is 6.77. The number of carbonyl (C=O) groups is 1. The van der Waals surface area contributed by atoms with Gasteiger partial charge in [0.1, 0.15) is 15.8 Å². The molecule has 0 atom stereocenters. The van der Waals surface area contributed by atoms with Gasteiger partial charge in [0.2, 0.25) is 0 Å². The molecule has 0 N–H and O–H groups in total. The molecule has 4 nitrogen and oxygen atoms in total. The lowest BCUT2D eigenvalue weighted by Crippen LogP contribution is -2.27. The van der Waals surface area contributed by atoms with Crippen LogP contribution >= 0.6 is 24.0 Å². The zero-order valence-electron chi connectivity index (χ0n) is 16.2. The zero-order valence-corrected chi connectivity index (χ0v) is 17.9. The summed E-state index contributed by atoms with van der Waals surface area (Å²) < 4.78 is 11.9. The number of thiocarbonyl (C=S) groups is 1. The lowest BCUT2D eigenvalue weighted by molar-refractivity contribution is -0.122. The summed E-state index contributed by atoms with van der Waals surface area (Å²) in [6.07, 6.45) is 1.84. The van der Waals surface area contributed by atoms with Crippen molar-refractivity contribution in [1.29, 1.82) is 0 Å². The Morgan fingerprint density at radius 3 is 2.46 bits per heavy atom. The van der Waals surface area contributed by atoms with Gasteiger partial charge in [0.25, 0.3) is 5.91 Å². The molecule has 6 heteroatoms. The molecule has 3 rings (SSSR count). The third kappa shape index (κ3) is 4.75. The van der Waals surface area contributed by atoms with Crippen molar-refractivity contribution in [2.75, 3.05) is 13.2 Å². The lowest BCUT2D eigenvalue weighted by atomic mass is 10.1. The van der Waals surface area contributed by atoms with Gasteiger partial charge in [-0.3, -0.25) is 9.69 Å². The minimum absolute atomic E-state index is 0.0769. The van der Waals surface area contributed by atoms with Crippen LogP contribution in [0.25, 0.3) is 6.08 Å². The van der Waals surface area contributed by atoms with E-state index in [9.17, 15) is 4.79 Å². The topological polar surface area (TPSA) is 38.8 Å². The molecule has 1 aliphatic heterocycles. The van der Waals surface area contributed by atoms with Crippen LogP contribution in [0.4, 0.5) is 0 Å². The third-order valence-corrected chi connectivity index (χ3v) is 5.60. The summed E-state index contributed by atoms with van der Waals surface area (Å²) in [4.78, 5) is 15.2. The van der Waals surface area contributed by atoms with Crippen molar-refractivity contribution in [2.45, 2.75) is 27.3 Å². The minimum Gasteiger partial charge on any atom is -0.494 e. The first-order chi connectivity index (χ1) is 13.5. The van der Waals surface area contributed by atoms with E-state index in [1.165, 1.54) is 17.3 Å². The number of benzene rings is 2. The molecule has 1 fully saturated rings. The summed E-state index contributed by atoms with van der Waals surface area (Å²) in [5.41, 5.74) is 3.08. The number of hydrogen-bond donors (Lipinski definition) is 0. The number of hydrogen-bond acceptors (Lipinski definition) is 5. The average Bonchev–Trinajstić information content (AvgIpc) is 2.93. The Kier molecular flexibility index (Phi) is 6.75. The van der Waals surface area contributed by atoms with E-state index in [0.29, 0.717) is 34.7 Å². The number of ether oxygens (including phenoxy) is 2. The standard InChI is InChI=1S/C22H23NO3S2/c1-4-25-18-11-10-17(19(13-18)26-5-2)12-20-21(24)23(22(27)28-20)14-16-8-6-15(3)7-9-16/h6-13H,4-5,14H2,1-3H3/b20-12-. The van der Waals surface area contributed by atoms with Crippen molar-refractivity contribution >= 4 is 40.3 Å². The molecule has 1 aliphatic rings. The third-order valence-electron chi connectivity index (χ3n) is 4.22. The molecule has 0 aliphatic carbocycles. The second kappa shape index (κ2) is 9.26. The minimum atomic E-state index is -0.0769. The highest BCUT2D eigenvalue weighted by Crippen LogP contribution is 2.36. The number of nitrogens with zero attached hydrogens (tertiary/aromatic N) is 1. The highest BCUT2D eigenvalue weighted by Gasteiger charge is 2.32. The Morgan fingerprint density at radius 1 is 1.07 bits per heavy atom. The maximum Gasteiger partial charge on any atom is 0.266 e. The Morgan fingerprint density at radius 2 is 1.79 bits per heavy atom. The fourth-order valence-electron chi connectivity index (χ4n) is 2.82. The van der Waals surface area contributed by atoms with Gasteiger partial charge in [0.05, 0.1) is 24.7 Å². The van der Waals surface area contributed by atoms with E-state index >= 15 is 0 Å². The number of thioether (sulfide) groups is 1. The monoisotopic (exact) mass is 413 g/mol. The van der Waals surface area contributed by atoms with Crippen LogP contribution in [0.3, 0.4) is 0 Å². The van der Waals surface area contributed by atoms with Crippen molar-refractivity contribution in [3.05, 3.63) is 64.1 Å². The maximum atomic E-state index is 12.9. The molecule has 0 unspecified atom stereocenters. The average molecular weight is 414 g/mol. The van der Waals surface area contributed by atoms with Crippen LogP contribution in [-0.2, 0) is 11.3 Å². The van der Waals surface area contributed by atoms with E-state index in [4.69, 9.17) is 21.7 Å². The maximum absolute atomic E-state index is 12.9. The SMILES string of the molecule is CCOc1ccc(/C=C2\SC(=S)N(Cc3ccc(C)cc3)C2=O)c(OCC)c1. The summed E-state index contributed by atoms with van der Waals surface area (Å²) in [6, 6.07) is 13.8. The second-order valence-corrected chi connectivity index (χ2v) is 7.99. The van der Waals surface area contributed by atoms with Gasteiger partial charge in [0.15, 0.2) is 0 Å². The first-order valence-electron chi connectivity index (χ1n) is 9.22. The molecule has 1 heterocycles. The summed E-state index contributed by atoms with van der Waals surface area (Å²) in [6.45, 7) is 7.50. The zero-order chi connectivity index (χ0) is 20.1. The predicted molar refractivity (Wildman–Crippen MR) is 119 cm³/mol. The molecular weight excluding hydrogens is 390 g/mol. The molecule has 0 aromatic heterocycles. The smallest absolute Gasteiger partial charge is 0.266 e. The molecule has 146 valence electrons. The highest BCUT2D eigenvalue weighted by molar-refractivity contribution is 8.26. The van der Waals surface area contributed by atoms with Gasteiger partial charge in [-0.1, -0.05) is 53.8 Å². The van der Waals surface area contributed by atoms with Gasteiger partial charge in [-0.2, -0.15) is 0 Å². The molecule has 0 saturated carbocycles. The summed E-state index contributed by atoms with van der Waals surface area (Å²) in [5, 5.41) is 0. The molecule has 0 radical (unpaired) electrons. The quantitative estimate of drug-likeness (QED) is 0.461.